The second-order valence-electron chi connectivity index (χ2n) is 3.46. The summed E-state index contributed by atoms with van der Waals surface area (Å²) in [6.07, 6.45) is 4.11. The molecule has 0 bridgehead atoms. The van der Waals surface area contributed by atoms with Crippen LogP contribution >= 0.6 is 11.6 Å². The lowest BCUT2D eigenvalue weighted by molar-refractivity contribution is -0.135. The van der Waals surface area contributed by atoms with E-state index < -0.39 is 11.9 Å². The molecule has 0 aliphatic carbocycles. The molecule has 1 rings (SSSR count). The number of ether oxygens (including phenoxy) is 2. The Hall–Kier alpha value is -2.07. The van der Waals surface area contributed by atoms with E-state index in [1.807, 2.05) is 0 Å². The number of carbonyl (C=O) groups is 2. The molecule has 0 aliphatic heterocycles. The first kappa shape index (κ1) is 15.0. The second-order valence-corrected chi connectivity index (χ2v) is 3.90. The zero-order valence-corrected chi connectivity index (χ0v) is 11.3. The molecule has 0 aromatic heterocycles. The molecule has 1 aromatic carbocycles. The van der Waals surface area contributed by atoms with Crippen molar-refractivity contribution in [1.29, 1.82) is 0 Å². The molecule has 0 heterocycles. The molecule has 0 fully saturated rings. The van der Waals surface area contributed by atoms with Gasteiger partial charge in [0.15, 0.2) is 0 Å². The van der Waals surface area contributed by atoms with E-state index in [-0.39, 0.29) is 0 Å². The Morgan fingerprint density at radius 2 is 1.74 bits per heavy atom. The van der Waals surface area contributed by atoms with E-state index in [1.165, 1.54) is 32.4 Å². The fraction of sp³-hybridized carbons (Fsp3) is 0.143. The Bertz CT molecular complexity index is 515. The molecular weight excluding hydrogens is 268 g/mol. The van der Waals surface area contributed by atoms with Crippen molar-refractivity contribution in [3.05, 3.63) is 53.1 Å². The zero-order valence-electron chi connectivity index (χ0n) is 10.6. The minimum absolute atomic E-state index is 0.319. The summed E-state index contributed by atoms with van der Waals surface area (Å²) < 4.78 is 9.14. The topological polar surface area (TPSA) is 52.6 Å². The van der Waals surface area contributed by atoms with Crippen LogP contribution in [0.3, 0.4) is 0 Å². The summed E-state index contributed by atoms with van der Waals surface area (Å²) in [5.74, 6) is -1.01. The van der Waals surface area contributed by atoms with Crippen molar-refractivity contribution >= 4 is 29.1 Å². The summed E-state index contributed by atoms with van der Waals surface area (Å²) in [6.45, 7) is 0. The minimum Gasteiger partial charge on any atom is -0.466 e. The predicted molar refractivity (Wildman–Crippen MR) is 72.6 cm³/mol. The van der Waals surface area contributed by atoms with Gasteiger partial charge in [-0.2, -0.15) is 0 Å². The van der Waals surface area contributed by atoms with Crippen molar-refractivity contribution in [2.45, 2.75) is 0 Å². The minimum atomic E-state index is -0.503. The molecule has 0 saturated heterocycles. The van der Waals surface area contributed by atoms with Gasteiger partial charge in [0, 0.05) is 11.1 Å². The smallest absolute Gasteiger partial charge is 0.338 e. The van der Waals surface area contributed by atoms with Crippen LogP contribution in [0.5, 0.6) is 0 Å². The van der Waals surface area contributed by atoms with E-state index in [0.29, 0.717) is 16.2 Å². The molecule has 0 aliphatic rings. The van der Waals surface area contributed by atoms with Crippen LogP contribution in [-0.2, 0) is 19.1 Å². The maximum Gasteiger partial charge on any atom is 0.338 e. The number of carbonyl (C=O) groups excluding carboxylic acids is 2. The van der Waals surface area contributed by atoms with Crippen molar-refractivity contribution in [1.82, 2.24) is 0 Å². The van der Waals surface area contributed by atoms with Crippen LogP contribution < -0.4 is 0 Å². The van der Waals surface area contributed by atoms with Crippen molar-refractivity contribution in [3.8, 4) is 0 Å². The molecule has 0 N–H and O–H groups in total. The van der Waals surface area contributed by atoms with Crippen LogP contribution in [0, 0.1) is 0 Å². The molecule has 5 heteroatoms. The maximum absolute atomic E-state index is 11.7. The maximum atomic E-state index is 11.7. The van der Waals surface area contributed by atoms with Crippen molar-refractivity contribution in [3.63, 3.8) is 0 Å². The number of esters is 2. The van der Waals surface area contributed by atoms with Gasteiger partial charge in [-0.15, -0.1) is 0 Å². The Morgan fingerprint density at radius 3 is 2.26 bits per heavy atom. The molecular formula is C14H13ClO4. The summed E-state index contributed by atoms with van der Waals surface area (Å²) in [5.41, 5.74) is 0.963. The van der Waals surface area contributed by atoms with Gasteiger partial charge in [-0.05, 0) is 23.8 Å². The number of allylic oxidation sites excluding steroid dienone is 2. The van der Waals surface area contributed by atoms with Crippen molar-refractivity contribution in [2.24, 2.45) is 0 Å². The molecule has 0 atom stereocenters. The highest BCUT2D eigenvalue weighted by Crippen LogP contribution is 2.19. The molecule has 0 unspecified atom stereocenters. The summed E-state index contributed by atoms with van der Waals surface area (Å²) in [6, 6.07) is 6.71. The lowest BCUT2D eigenvalue weighted by Gasteiger charge is -2.04. The Morgan fingerprint density at radius 1 is 1.11 bits per heavy atom. The molecule has 4 nitrogen and oxygen atoms in total. The Labute approximate surface area is 116 Å². The Balaban J connectivity index is 3.05. The first-order valence-corrected chi connectivity index (χ1v) is 5.77. The number of rotatable bonds is 4. The lowest BCUT2D eigenvalue weighted by atomic mass is 10.1. The van der Waals surface area contributed by atoms with Gasteiger partial charge in [-0.3, -0.25) is 0 Å². The van der Waals surface area contributed by atoms with Crippen LogP contribution in [0.1, 0.15) is 5.56 Å². The highest BCUT2D eigenvalue weighted by Gasteiger charge is 2.11. The first-order chi connectivity index (χ1) is 9.08. The molecule has 19 heavy (non-hydrogen) atoms. The third-order valence-electron chi connectivity index (χ3n) is 2.26. The fourth-order valence-electron chi connectivity index (χ4n) is 1.31. The number of methoxy groups -OCH3 is 2. The van der Waals surface area contributed by atoms with E-state index in [1.54, 1.807) is 24.3 Å². The molecule has 0 amide bonds. The van der Waals surface area contributed by atoms with Gasteiger partial charge in [0.05, 0.1) is 19.8 Å². The fourth-order valence-corrected chi connectivity index (χ4v) is 1.44. The second kappa shape index (κ2) is 7.38. The van der Waals surface area contributed by atoms with Crippen LogP contribution in [0.2, 0.25) is 5.02 Å². The van der Waals surface area contributed by atoms with Gasteiger partial charge in [-0.1, -0.05) is 29.8 Å². The number of halogens is 1. The van der Waals surface area contributed by atoms with E-state index in [0.717, 1.165) is 0 Å². The van der Waals surface area contributed by atoms with Crippen LogP contribution in [0.4, 0.5) is 0 Å². The largest absolute Gasteiger partial charge is 0.466 e. The standard InChI is InChI=1S/C14H13ClO4/c1-18-13(16)5-3-4-12(14(17)19-2)10-6-8-11(15)9-7-10/h3-9H,1-2H3. The van der Waals surface area contributed by atoms with Crippen LogP contribution in [0.15, 0.2) is 42.5 Å². The third-order valence-corrected chi connectivity index (χ3v) is 2.51. The third kappa shape index (κ3) is 4.60. The highest BCUT2D eigenvalue weighted by atomic mass is 35.5. The average Bonchev–Trinajstić information content (AvgIpc) is 2.43. The summed E-state index contributed by atoms with van der Waals surface area (Å²) in [5, 5.41) is 0.568. The van der Waals surface area contributed by atoms with Gasteiger partial charge in [-0.25, -0.2) is 9.59 Å². The van der Waals surface area contributed by atoms with Gasteiger partial charge in [0.25, 0.3) is 0 Å². The van der Waals surface area contributed by atoms with Crippen LogP contribution in [-0.4, -0.2) is 26.2 Å². The molecule has 0 spiro atoms. The molecule has 0 radical (unpaired) electrons. The summed E-state index contributed by atoms with van der Waals surface area (Å²) in [7, 11) is 2.56. The lowest BCUT2D eigenvalue weighted by Crippen LogP contribution is -2.03. The zero-order chi connectivity index (χ0) is 14.3. The van der Waals surface area contributed by atoms with E-state index in [9.17, 15) is 9.59 Å². The number of benzene rings is 1. The molecule has 100 valence electrons. The molecule has 0 saturated carbocycles. The van der Waals surface area contributed by atoms with E-state index >= 15 is 0 Å². The SMILES string of the molecule is COC(=O)C=CC=C(C(=O)OC)c1ccc(Cl)cc1. The normalized spacial score (nSPS) is 11.4. The molecule has 1 aromatic rings. The van der Waals surface area contributed by atoms with Crippen molar-refractivity contribution < 1.29 is 19.1 Å². The average molecular weight is 281 g/mol. The monoisotopic (exact) mass is 280 g/mol. The van der Waals surface area contributed by atoms with E-state index in [4.69, 9.17) is 16.3 Å². The number of hydrogen-bond donors (Lipinski definition) is 0. The van der Waals surface area contributed by atoms with Crippen molar-refractivity contribution in [2.75, 3.05) is 14.2 Å². The van der Waals surface area contributed by atoms with Gasteiger partial charge >= 0.3 is 11.9 Å². The predicted octanol–water partition coefficient (Wildman–Crippen LogP) is 2.63. The van der Waals surface area contributed by atoms with Gasteiger partial charge < -0.3 is 9.47 Å². The highest BCUT2D eigenvalue weighted by molar-refractivity contribution is 6.30. The number of hydrogen-bond acceptors (Lipinski definition) is 4. The summed E-state index contributed by atoms with van der Waals surface area (Å²) in [4.78, 5) is 22.6. The summed E-state index contributed by atoms with van der Waals surface area (Å²) >= 11 is 5.78. The van der Waals surface area contributed by atoms with E-state index in [2.05, 4.69) is 4.74 Å². The Kier molecular flexibility index (Phi) is 5.82. The first-order valence-electron chi connectivity index (χ1n) is 5.39. The van der Waals surface area contributed by atoms with Gasteiger partial charge in [0.2, 0.25) is 0 Å². The van der Waals surface area contributed by atoms with Gasteiger partial charge in [0.1, 0.15) is 0 Å². The van der Waals surface area contributed by atoms with Crippen LogP contribution in [0.25, 0.3) is 5.57 Å². The quantitative estimate of drug-likeness (QED) is 0.483.